The van der Waals surface area contributed by atoms with Crippen LogP contribution in [0.2, 0.25) is 0 Å². The van der Waals surface area contributed by atoms with Gasteiger partial charge < -0.3 is 14.2 Å². The van der Waals surface area contributed by atoms with Crippen LogP contribution in [0.4, 0.5) is 0 Å². The summed E-state index contributed by atoms with van der Waals surface area (Å²) in [5.74, 6) is 0. The van der Waals surface area contributed by atoms with Gasteiger partial charge >= 0.3 is 5.69 Å². The van der Waals surface area contributed by atoms with E-state index in [0.717, 1.165) is 12.8 Å². The maximum Gasteiger partial charge on any atom is 0.330 e. The number of methoxy groups -OCH3 is 2. The molecule has 10 heteroatoms. The van der Waals surface area contributed by atoms with Crippen LogP contribution in [0.5, 0.6) is 0 Å². The largest absolute Gasteiger partial charge is 0.382 e. The molecule has 1 saturated carbocycles. The Balaban J connectivity index is 1.62. The number of ether oxygens (including phenoxy) is 3. The number of nitrogens with zero attached hydrogens (tertiary/aromatic N) is 4. The second-order valence-electron chi connectivity index (χ2n) is 7.68. The first-order chi connectivity index (χ1) is 14.1. The van der Waals surface area contributed by atoms with Crippen molar-refractivity contribution in [1.29, 1.82) is 0 Å². The number of aromatic amines is 1. The van der Waals surface area contributed by atoms with E-state index in [9.17, 15) is 9.59 Å². The van der Waals surface area contributed by atoms with Crippen LogP contribution in [-0.2, 0) is 14.2 Å². The fraction of sp³-hybridized carbons (Fsp3) is 0.684. The zero-order chi connectivity index (χ0) is 20.4. The third-order valence-electron chi connectivity index (χ3n) is 5.83. The average Bonchev–Trinajstić information content (AvgIpc) is 3.36. The van der Waals surface area contributed by atoms with E-state index in [2.05, 4.69) is 15.3 Å². The second kappa shape index (κ2) is 8.60. The van der Waals surface area contributed by atoms with Gasteiger partial charge in [-0.2, -0.15) is 0 Å². The Labute approximate surface area is 167 Å². The van der Waals surface area contributed by atoms with Crippen LogP contribution in [0, 0.1) is 0 Å². The van der Waals surface area contributed by atoms with Crippen molar-refractivity contribution in [2.24, 2.45) is 0 Å². The Kier molecular flexibility index (Phi) is 5.93. The smallest absolute Gasteiger partial charge is 0.330 e. The van der Waals surface area contributed by atoms with E-state index < -0.39 is 17.5 Å². The van der Waals surface area contributed by atoms with Crippen LogP contribution in [-0.4, -0.2) is 57.6 Å². The van der Waals surface area contributed by atoms with Crippen molar-refractivity contribution in [2.75, 3.05) is 20.8 Å². The summed E-state index contributed by atoms with van der Waals surface area (Å²) in [6.07, 6.45) is 8.44. The van der Waals surface area contributed by atoms with Crippen molar-refractivity contribution in [3.63, 3.8) is 0 Å². The van der Waals surface area contributed by atoms with E-state index in [4.69, 9.17) is 14.2 Å². The summed E-state index contributed by atoms with van der Waals surface area (Å²) in [7, 11) is 3.19. The van der Waals surface area contributed by atoms with E-state index >= 15 is 0 Å². The summed E-state index contributed by atoms with van der Waals surface area (Å²) in [5.41, 5.74) is -0.285. The van der Waals surface area contributed by atoms with Crippen molar-refractivity contribution in [3.05, 3.63) is 33.2 Å². The lowest BCUT2D eigenvalue weighted by molar-refractivity contribution is -0.0617. The number of nitrogens with one attached hydrogen (secondary N) is 1. The molecule has 2 aliphatic rings. The second-order valence-corrected chi connectivity index (χ2v) is 7.68. The number of H-pyrrole nitrogens is 1. The first-order valence-electron chi connectivity index (χ1n) is 10.1. The predicted molar refractivity (Wildman–Crippen MR) is 104 cm³/mol. The molecule has 2 aromatic rings. The molecule has 0 radical (unpaired) electrons. The number of hydrogen-bond acceptors (Lipinski definition) is 7. The predicted octanol–water partition coefficient (Wildman–Crippen LogP) is 1.25. The minimum absolute atomic E-state index is 0.200. The summed E-state index contributed by atoms with van der Waals surface area (Å²) in [6.45, 7) is 0.357. The fourth-order valence-corrected chi connectivity index (χ4v) is 4.24. The molecular formula is C19H27N5O5. The molecule has 2 aromatic heterocycles. The van der Waals surface area contributed by atoms with E-state index in [1.165, 1.54) is 30.0 Å². The zero-order valence-electron chi connectivity index (χ0n) is 16.7. The summed E-state index contributed by atoms with van der Waals surface area (Å²) >= 11 is 0. The van der Waals surface area contributed by atoms with Gasteiger partial charge in [-0.25, -0.2) is 9.48 Å². The maximum atomic E-state index is 12.4. The normalized spacial score (nSPS) is 25.5. The van der Waals surface area contributed by atoms with E-state index in [1.807, 2.05) is 4.68 Å². The summed E-state index contributed by atoms with van der Waals surface area (Å²) < 4.78 is 19.8. The third kappa shape index (κ3) is 4.05. The molecule has 3 heterocycles. The molecule has 3 atom stereocenters. The van der Waals surface area contributed by atoms with Gasteiger partial charge in [0.05, 0.1) is 30.5 Å². The molecular weight excluding hydrogens is 378 g/mol. The summed E-state index contributed by atoms with van der Waals surface area (Å²) in [4.78, 5) is 27.3. The highest BCUT2D eigenvalue weighted by Crippen LogP contribution is 2.31. The van der Waals surface area contributed by atoms with Crippen molar-refractivity contribution >= 4 is 0 Å². The van der Waals surface area contributed by atoms with Crippen LogP contribution in [0.3, 0.4) is 0 Å². The minimum Gasteiger partial charge on any atom is -0.382 e. The van der Waals surface area contributed by atoms with E-state index in [0.29, 0.717) is 30.3 Å². The molecule has 1 aliphatic heterocycles. The molecule has 0 amide bonds. The van der Waals surface area contributed by atoms with E-state index in [1.54, 1.807) is 20.4 Å². The molecule has 1 aliphatic carbocycles. The highest BCUT2D eigenvalue weighted by molar-refractivity contribution is 5.54. The standard InChI is InChI=1S/C19H27N5O5/c1-27-11-16-15(28-2)8-17(29-16)23-9-13(18(25)20-19(23)26)14-10-24(22-21-14)12-6-4-3-5-7-12/h9-10,12,15-17H,3-8,11H2,1-2H3,(H,20,25,26)/t15-,16?,17-/m1/s1. The Hall–Kier alpha value is -2.30. The molecule has 0 spiro atoms. The van der Waals surface area contributed by atoms with Crippen LogP contribution in [0.1, 0.15) is 50.8 Å². The van der Waals surface area contributed by atoms with Gasteiger partial charge in [-0.1, -0.05) is 24.5 Å². The van der Waals surface area contributed by atoms with Crippen LogP contribution < -0.4 is 11.2 Å². The third-order valence-corrected chi connectivity index (χ3v) is 5.83. The highest BCUT2D eigenvalue weighted by Gasteiger charge is 2.37. The Morgan fingerprint density at radius 3 is 2.72 bits per heavy atom. The molecule has 1 unspecified atom stereocenters. The lowest BCUT2D eigenvalue weighted by Crippen LogP contribution is -2.33. The molecule has 4 rings (SSSR count). The van der Waals surface area contributed by atoms with Gasteiger partial charge in [-0.05, 0) is 12.8 Å². The molecule has 158 valence electrons. The van der Waals surface area contributed by atoms with Crippen molar-refractivity contribution in [2.45, 2.75) is 63.0 Å². The van der Waals surface area contributed by atoms with Gasteiger partial charge in [0, 0.05) is 26.8 Å². The SMILES string of the molecule is COCC1O[C@@H](n2cc(-c3cn(C4CCCCC4)nn3)c(=O)[nH]c2=O)C[C@H]1OC. The average molecular weight is 405 g/mol. The number of aromatic nitrogens is 5. The molecule has 1 N–H and O–H groups in total. The van der Waals surface area contributed by atoms with E-state index in [-0.39, 0.29) is 12.2 Å². The Bertz CT molecular complexity index is 945. The van der Waals surface area contributed by atoms with Crippen LogP contribution >= 0.6 is 0 Å². The van der Waals surface area contributed by atoms with Gasteiger partial charge in [-0.15, -0.1) is 5.10 Å². The van der Waals surface area contributed by atoms with Crippen LogP contribution in [0.15, 0.2) is 22.0 Å². The number of hydrogen-bond donors (Lipinski definition) is 1. The van der Waals surface area contributed by atoms with Gasteiger partial charge in [0.25, 0.3) is 5.56 Å². The van der Waals surface area contributed by atoms with Gasteiger partial charge in [0.1, 0.15) is 18.0 Å². The molecule has 0 bridgehead atoms. The Morgan fingerprint density at radius 1 is 1.21 bits per heavy atom. The first-order valence-corrected chi connectivity index (χ1v) is 10.1. The summed E-state index contributed by atoms with van der Waals surface area (Å²) in [5, 5.41) is 8.41. The quantitative estimate of drug-likeness (QED) is 0.769. The minimum atomic E-state index is -0.559. The van der Waals surface area contributed by atoms with Gasteiger partial charge in [0.2, 0.25) is 0 Å². The van der Waals surface area contributed by atoms with Crippen molar-refractivity contribution in [3.8, 4) is 11.3 Å². The maximum absolute atomic E-state index is 12.4. The number of rotatable bonds is 6. The molecule has 2 fully saturated rings. The molecule has 10 nitrogen and oxygen atoms in total. The highest BCUT2D eigenvalue weighted by atomic mass is 16.6. The lowest BCUT2D eigenvalue weighted by Gasteiger charge is -2.20. The van der Waals surface area contributed by atoms with Gasteiger partial charge in [0.15, 0.2) is 0 Å². The van der Waals surface area contributed by atoms with Crippen LogP contribution in [0.25, 0.3) is 11.3 Å². The van der Waals surface area contributed by atoms with Crippen molar-refractivity contribution in [1.82, 2.24) is 24.5 Å². The zero-order valence-corrected chi connectivity index (χ0v) is 16.7. The fourth-order valence-electron chi connectivity index (χ4n) is 4.24. The Morgan fingerprint density at radius 2 is 2.00 bits per heavy atom. The molecule has 29 heavy (non-hydrogen) atoms. The topological polar surface area (TPSA) is 113 Å². The lowest BCUT2D eigenvalue weighted by atomic mass is 9.96. The molecule has 1 saturated heterocycles. The summed E-state index contributed by atoms with van der Waals surface area (Å²) in [6, 6.07) is 0.311. The van der Waals surface area contributed by atoms with Crippen molar-refractivity contribution < 1.29 is 14.2 Å². The molecule has 0 aromatic carbocycles. The first kappa shape index (κ1) is 20.0. The monoisotopic (exact) mass is 405 g/mol. The van der Waals surface area contributed by atoms with Gasteiger partial charge in [-0.3, -0.25) is 14.3 Å².